The maximum Gasteiger partial charge on any atom is 1.00 e. The fourth-order valence-electron chi connectivity index (χ4n) is 4.65. The Kier molecular flexibility index (Phi) is 9.81. The Labute approximate surface area is 276 Å². The maximum absolute atomic E-state index is 12.7. The molecule has 2 aromatic rings. The van der Waals surface area contributed by atoms with Crippen LogP contribution >= 0.6 is 0 Å². The van der Waals surface area contributed by atoms with Gasteiger partial charge in [0.2, 0.25) is 0 Å². The Morgan fingerprint density at radius 3 is 2.11 bits per heavy atom. The van der Waals surface area contributed by atoms with Gasteiger partial charge in [0.15, 0.2) is 16.2 Å². The van der Waals surface area contributed by atoms with Crippen LogP contribution in [0.2, 0.25) is 0 Å². The van der Waals surface area contributed by atoms with Gasteiger partial charge < -0.3 is 24.6 Å². The first-order valence-electron chi connectivity index (χ1n) is 11.8. The van der Waals surface area contributed by atoms with Crippen LogP contribution in [0.15, 0.2) is 56.7 Å². The number of anilines is 1. The van der Waals surface area contributed by atoms with Crippen molar-refractivity contribution < 1.29 is 97.2 Å². The molecule has 2 amide bonds. The number of imide groups is 1. The van der Waals surface area contributed by atoms with Crippen LogP contribution in [-0.2, 0) is 34.7 Å². The van der Waals surface area contributed by atoms with E-state index in [1.165, 1.54) is 0 Å². The number of nitrogens with one attached hydrogen (secondary N) is 1. The number of aromatic carboxylic acids is 1. The predicted molar refractivity (Wildman–Crippen MR) is 140 cm³/mol. The van der Waals surface area contributed by atoms with Crippen molar-refractivity contribution in [1.82, 2.24) is 5.06 Å². The summed E-state index contributed by atoms with van der Waals surface area (Å²) >= 11 is 0. The molecular weight excluding hydrogens is 628 g/mol. The molecule has 1 aliphatic carbocycles. The summed E-state index contributed by atoms with van der Waals surface area (Å²) in [6.45, 7) is 0. The Morgan fingerprint density at radius 2 is 1.56 bits per heavy atom. The van der Waals surface area contributed by atoms with E-state index in [4.69, 9.17) is 20.4 Å². The quantitative estimate of drug-likeness (QED) is 0.0505. The molecule has 0 unspecified atom stereocenters. The zero-order chi connectivity index (χ0) is 31.6. The van der Waals surface area contributed by atoms with Gasteiger partial charge in [-0.2, -0.15) is 8.42 Å². The van der Waals surface area contributed by atoms with Crippen LogP contribution in [-0.4, -0.2) is 59.9 Å². The molecule has 20 heteroatoms. The van der Waals surface area contributed by atoms with Crippen LogP contribution in [0.25, 0.3) is 33.4 Å². The fourth-order valence-corrected chi connectivity index (χ4v) is 6.12. The number of amides is 2. The number of nitrogen functional groups attached to an aromatic ring is 1. The van der Waals surface area contributed by atoms with Crippen LogP contribution in [0.1, 0.15) is 33.6 Å². The average molecular weight is 644 g/mol. The molecule has 0 saturated carbocycles. The number of rotatable bonds is 6. The van der Waals surface area contributed by atoms with Gasteiger partial charge in [-0.05, 0) is 42.0 Å². The van der Waals surface area contributed by atoms with Crippen LogP contribution in [0.4, 0.5) is 5.69 Å². The second-order valence-electron chi connectivity index (χ2n) is 9.11. The van der Waals surface area contributed by atoms with Gasteiger partial charge in [-0.15, -0.1) is 5.06 Å². The number of carboxylic acids is 1. The first kappa shape index (κ1) is 35.5. The van der Waals surface area contributed by atoms with Gasteiger partial charge in [-0.1, -0.05) is 6.07 Å². The molecule has 0 aromatic heterocycles. The molecule has 0 radical (unpaired) electrons. The van der Waals surface area contributed by atoms with E-state index in [-0.39, 0.29) is 77.7 Å². The summed E-state index contributed by atoms with van der Waals surface area (Å²) in [6.07, 6.45) is -0.385. The van der Waals surface area contributed by atoms with Gasteiger partial charge in [0, 0.05) is 29.4 Å². The number of hydroxylamine groups is 2. The van der Waals surface area contributed by atoms with Crippen molar-refractivity contribution in [3.8, 4) is 22.5 Å². The molecule has 0 bridgehead atoms. The minimum atomic E-state index is -5.42. The molecule has 16 nitrogen and oxygen atoms in total. The number of hydrogen-bond acceptors (Lipinski definition) is 13. The topological polar surface area (TPSA) is 276 Å². The third-order valence-corrected chi connectivity index (χ3v) is 8.28. The zero-order valence-corrected chi connectivity index (χ0v) is 24.8. The second-order valence-corrected chi connectivity index (χ2v) is 11.8. The number of carbonyl (C=O) groups is 4. The number of carbonyl (C=O) groups excluding carboxylic acids is 3. The Balaban J connectivity index is 0.00000276. The molecule has 5 rings (SSSR count). The summed E-state index contributed by atoms with van der Waals surface area (Å²) in [7, 11) is -10.6. The number of fused-ring (bicyclic) bond motifs is 2. The molecule has 3 aliphatic rings. The van der Waals surface area contributed by atoms with Gasteiger partial charge in [0.1, 0.15) is 15.0 Å². The smallest absolute Gasteiger partial charge is 0.744 e. The number of hydrogen-bond donors (Lipinski definition) is 4. The van der Waals surface area contributed by atoms with Crippen molar-refractivity contribution >= 4 is 60.6 Å². The summed E-state index contributed by atoms with van der Waals surface area (Å²) in [6, 6.07) is 7.17. The average Bonchev–Trinajstić information content (AvgIpc) is 3.21. The van der Waals surface area contributed by atoms with Gasteiger partial charge in [-0.3, -0.25) is 19.6 Å². The molecule has 0 atom stereocenters. The minimum absolute atomic E-state index is 0. The van der Waals surface area contributed by atoms with E-state index in [1.54, 1.807) is 0 Å². The Morgan fingerprint density at radius 1 is 0.956 bits per heavy atom. The van der Waals surface area contributed by atoms with Gasteiger partial charge in [0.05, 0.1) is 22.2 Å². The molecule has 2 heterocycles. The van der Waals surface area contributed by atoms with Gasteiger partial charge in [-0.25, -0.2) is 18.0 Å². The van der Waals surface area contributed by atoms with Crippen molar-refractivity contribution in [3.63, 3.8) is 0 Å². The Hall–Kier alpha value is -3.98. The zero-order valence-electron chi connectivity index (χ0n) is 23.2. The molecule has 5 N–H and O–H groups in total. The van der Waals surface area contributed by atoms with Crippen molar-refractivity contribution in [2.24, 2.45) is 0 Å². The standard InChI is InChI=1S/C25H17N3O13S2.2Li/c26-15-5-3-12-19(11-2-1-10(9-14(11)24(31)32)25(33)41-28-17(29)7-8-18(28)30)13-4-6-16(27)23(43(37,38)39)21(13)40-20(12)22(15)42(34,35)36;;/h1-6,9,26H,7-8,27H2,(H,31,32)(H,34,35,36)(H,37,38,39);;/q;2*+1/p-1. The summed E-state index contributed by atoms with van der Waals surface area (Å²) in [4.78, 5) is 51.4. The second kappa shape index (κ2) is 12.4. The van der Waals surface area contributed by atoms with E-state index in [2.05, 4.69) is 0 Å². The maximum atomic E-state index is 12.7. The molecule has 0 spiro atoms. The first-order chi connectivity index (χ1) is 20.0. The predicted octanol–water partition coefficient (Wildman–Crippen LogP) is -4.66. The summed E-state index contributed by atoms with van der Waals surface area (Å²) in [5.41, 5.74) is 2.49. The first-order valence-corrected chi connectivity index (χ1v) is 14.6. The monoisotopic (exact) mass is 644 g/mol. The van der Waals surface area contributed by atoms with E-state index >= 15 is 0 Å². The van der Waals surface area contributed by atoms with Crippen molar-refractivity contribution in [3.05, 3.63) is 58.9 Å². The molecule has 222 valence electrons. The fraction of sp³-hybridized carbons (Fsp3) is 0.0800. The minimum Gasteiger partial charge on any atom is -0.744 e. The molecule has 2 aliphatic heterocycles. The largest absolute Gasteiger partial charge is 1.00 e. The number of nitrogens with zero attached hydrogens (tertiary/aromatic N) is 1. The normalized spacial score (nSPS) is 13.4. The number of benzene rings is 3. The molecule has 1 fully saturated rings. The Bertz CT molecular complexity index is 2180. The van der Waals surface area contributed by atoms with E-state index in [1.807, 2.05) is 0 Å². The van der Waals surface area contributed by atoms with Gasteiger partial charge >= 0.3 is 49.7 Å². The van der Waals surface area contributed by atoms with E-state index in [9.17, 15) is 50.2 Å². The van der Waals surface area contributed by atoms with E-state index < -0.39 is 87.3 Å². The molecule has 1 saturated heterocycles. The summed E-state index contributed by atoms with van der Waals surface area (Å²) < 4.78 is 76.5. The molecular formula is C25H16Li2N3O13S2+. The van der Waals surface area contributed by atoms with E-state index in [0.29, 0.717) is 0 Å². The van der Waals surface area contributed by atoms with Crippen molar-refractivity contribution in [2.75, 3.05) is 5.73 Å². The van der Waals surface area contributed by atoms with Crippen molar-refractivity contribution in [1.29, 1.82) is 5.41 Å². The van der Waals surface area contributed by atoms with E-state index in [0.717, 1.165) is 42.5 Å². The summed E-state index contributed by atoms with van der Waals surface area (Å²) in [5, 5.41) is 17.3. The third kappa shape index (κ3) is 6.28. The van der Waals surface area contributed by atoms with Crippen molar-refractivity contribution in [2.45, 2.75) is 22.6 Å². The number of nitrogens with two attached hydrogens (primary N) is 1. The number of carboxylic acid groups (broad SMARTS) is 1. The van der Waals surface area contributed by atoms with Gasteiger partial charge in [0.25, 0.3) is 21.9 Å². The molecule has 45 heavy (non-hydrogen) atoms. The van der Waals surface area contributed by atoms with Crippen LogP contribution in [0.3, 0.4) is 0 Å². The SMILES string of the molecule is N=c1ccc2c(-c3ccc(C(=O)ON4C(=O)CCC4=O)cc3C(=O)O)c3ccc(N)c(S(=O)(=O)[O-])c3oc-2c1S(=O)(=O)O.[Li+].[Li+]. The summed E-state index contributed by atoms with van der Waals surface area (Å²) in [5.74, 6) is -5.30. The van der Waals surface area contributed by atoms with Crippen LogP contribution in [0, 0.1) is 5.41 Å². The van der Waals surface area contributed by atoms with Crippen LogP contribution < -0.4 is 48.8 Å². The van der Waals surface area contributed by atoms with Crippen LogP contribution in [0.5, 0.6) is 0 Å². The molecule has 2 aromatic carbocycles. The third-order valence-electron chi connectivity index (χ3n) is 6.44.